The van der Waals surface area contributed by atoms with E-state index in [0.29, 0.717) is 54.4 Å². The fourth-order valence-corrected chi connectivity index (χ4v) is 10.4. The third-order valence-corrected chi connectivity index (χ3v) is 15.3. The molecule has 0 radical (unpaired) electrons. The zero-order valence-electron chi connectivity index (χ0n) is 53.8. The van der Waals surface area contributed by atoms with Crippen LogP contribution in [0.15, 0.2) is 59.6 Å². The van der Waals surface area contributed by atoms with Crippen molar-refractivity contribution in [1.82, 2.24) is 30.1 Å². The van der Waals surface area contributed by atoms with Crippen LogP contribution >= 0.6 is 70.0 Å². The van der Waals surface area contributed by atoms with Gasteiger partial charge in [0.05, 0.1) is 64.1 Å². The number of carboxylic acid groups (broad SMARTS) is 2. The summed E-state index contributed by atoms with van der Waals surface area (Å²) in [6.07, 6.45) is 2.83. The molecule has 3 aromatic heterocycles. The summed E-state index contributed by atoms with van der Waals surface area (Å²) in [6.45, 7) is 16.0. The largest absolute Gasteiger partial charge is 1.00 e. The number of thioether (sulfide) groups is 1. The number of alkyl halides is 1. The van der Waals surface area contributed by atoms with Crippen LogP contribution in [0, 0.1) is 22.7 Å². The molecule has 0 bridgehead atoms. The van der Waals surface area contributed by atoms with Crippen LogP contribution in [0.1, 0.15) is 91.1 Å². The number of hydrogen-bond acceptors (Lipinski definition) is 25. The number of carbonyl (C=O) groups excluding carboxylic acids is 3. The average molecular weight is 1430 g/mol. The Morgan fingerprint density at radius 1 is 0.802 bits per heavy atom. The SMILES string of the molecule is C.CN(CCCCl)C(=O)OC(C)(C)C.CN(CCCOc1ccc2nc(C#N)sc2c1)C(=O)OC(C)(C)C.CNCCCOc1ccc2nc(C3=N[C@@H](C(=O)O)CS3)sc2c1.C[NH2+]CCCOc1ccc2nc(C#N)sc2c1.N[C@H](CS)C(=O)O.O=CO[O-].[H-].[K+].[K+]. The maximum Gasteiger partial charge on any atom is 1.00 e. The van der Waals surface area contributed by atoms with Gasteiger partial charge in [-0.2, -0.15) is 23.2 Å². The molecule has 0 spiro atoms. The number of fused-ring (bicyclic) bond motifs is 3. The molecule has 33 heteroatoms. The number of quaternary nitrogens is 1. The predicted molar refractivity (Wildman–Crippen MR) is 353 cm³/mol. The maximum atomic E-state index is 11.8. The van der Waals surface area contributed by atoms with Crippen molar-refractivity contribution in [2.24, 2.45) is 10.7 Å². The second-order valence-corrected chi connectivity index (χ2v) is 25.2. The molecule has 0 unspecified atom stereocenters. The van der Waals surface area contributed by atoms with Crippen LogP contribution in [-0.2, 0) is 28.7 Å². The number of nitriles is 2. The number of amides is 2. The van der Waals surface area contributed by atoms with Gasteiger partial charge in [-0.25, -0.2) is 29.3 Å². The molecule has 2 atom stereocenters. The van der Waals surface area contributed by atoms with Gasteiger partial charge in [0.1, 0.15) is 56.7 Å². The molecule has 0 fully saturated rings. The van der Waals surface area contributed by atoms with Crippen LogP contribution in [0.25, 0.3) is 30.6 Å². The Morgan fingerprint density at radius 2 is 1.23 bits per heavy atom. The van der Waals surface area contributed by atoms with Crippen LogP contribution in [0.4, 0.5) is 9.59 Å². The van der Waals surface area contributed by atoms with Gasteiger partial charge in [0.15, 0.2) is 16.1 Å². The minimum absolute atomic E-state index is 0. The number of thiazole rings is 3. The molecule has 7 N–H and O–H groups in total. The van der Waals surface area contributed by atoms with E-state index in [9.17, 15) is 19.2 Å². The first-order valence-electron chi connectivity index (χ1n) is 27.3. The van der Waals surface area contributed by atoms with Crippen molar-refractivity contribution in [1.29, 1.82) is 10.5 Å². The number of aliphatic carboxylic acids is 2. The monoisotopic (exact) mass is 1430 g/mol. The van der Waals surface area contributed by atoms with Crippen LogP contribution in [0.5, 0.6) is 17.2 Å². The third-order valence-electron chi connectivity index (χ3n) is 10.6. The number of rotatable bonds is 23. The van der Waals surface area contributed by atoms with Gasteiger partial charge < -0.3 is 71.6 Å². The van der Waals surface area contributed by atoms with Crippen molar-refractivity contribution in [2.45, 2.75) is 97.9 Å². The van der Waals surface area contributed by atoms with Gasteiger partial charge in [0.2, 0.25) is 0 Å². The summed E-state index contributed by atoms with van der Waals surface area (Å²) >= 11 is 14.9. The van der Waals surface area contributed by atoms with Crippen molar-refractivity contribution in [3.63, 3.8) is 0 Å². The Hall–Kier alpha value is -3.57. The van der Waals surface area contributed by atoms with E-state index in [2.05, 4.69) is 54.2 Å². The van der Waals surface area contributed by atoms with E-state index in [0.717, 1.165) is 96.9 Å². The molecule has 492 valence electrons. The Kier molecular flexibility index (Phi) is 48.2. The second kappa shape index (κ2) is 49.0. The fourth-order valence-electron chi connectivity index (χ4n) is 6.43. The summed E-state index contributed by atoms with van der Waals surface area (Å²) in [5.74, 6) is 1.74. The standard InChI is InChI=1S/C17H21N3O3S.C15H17N3O3S2.C12H13N3OS.C9H18ClNO2.C3H7NO2S.CH2O3.CH4.2K.H/c1-17(2,3)23-16(21)20(4)8-5-9-22-12-6-7-13-14(10-12)24-15(11-18)19-13;1-16-5-2-6-21-9-3-4-10-12(7-9)23-14(17-10)13-18-11(8-22-13)15(19)20;1-14-5-2-6-16-9-3-4-10-11(7-9)17-12(8-13)15-10;1-9(2,3)13-8(12)11(4)7-5-6-10;4-2(1-7)3(5)6;2-1-4-3;;;;/h6-7,10H,5,8-9H2,1-4H3;3-4,7,11,16H,2,5-6,8H2,1H3,(H,19,20);3-4,7,14H,2,5-6H2,1H3;5-7H2,1-4H3;2,7H,1,4H2,(H,5,6);1,3H;1H4;;;/q;;;;;;;2*+1;-1/t;11-;;;2-;;;;;/m.1..1...../s1. The molecule has 6 aromatic rings. The maximum absolute atomic E-state index is 11.8. The third kappa shape index (κ3) is 37.4. The molecule has 0 saturated heterocycles. The molecule has 0 aliphatic carbocycles. The number of aliphatic imine (C=N–C) groups is 1. The van der Waals surface area contributed by atoms with Gasteiger partial charge in [-0.3, -0.25) is 14.6 Å². The topological polar surface area (TPSA) is 364 Å². The molecule has 25 nitrogen and oxygen atoms in total. The van der Waals surface area contributed by atoms with Crippen molar-refractivity contribution in [3.05, 3.63) is 69.6 Å². The number of thiol groups is 1. The van der Waals surface area contributed by atoms with E-state index >= 15 is 0 Å². The first-order valence-corrected chi connectivity index (χ1v) is 31.9. The molecule has 4 heterocycles. The van der Waals surface area contributed by atoms with Crippen molar-refractivity contribution >= 4 is 136 Å². The van der Waals surface area contributed by atoms with Gasteiger partial charge in [-0.1, -0.05) is 7.43 Å². The Labute approximate surface area is 645 Å². The van der Waals surface area contributed by atoms with Crippen LogP contribution in [-0.4, -0.2) is 185 Å². The number of halogens is 1. The van der Waals surface area contributed by atoms with E-state index in [1.807, 2.05) is 116 Å². The van der Waals surface area contributed by atoms with E-state index in [4.69, 9.17) is 71.8 Å². The minimum atomic E-state index is -1.00. The fraction of sp³-hybridized carbons (Fsp3) is 0.500. The quantitative estimate of drug-likeness (QED) is 0.0102. The van der Waals surface area contributed by atoms with E-state index in [-0.39, 0.29) is 136 Å². The molecule has 3 aromatic carbocycles. The van der Waals surface area contributed by atoms with Crippen LogP contribution in [0.2, 0.25) is 0 Å². The first-order chi connectivity index (χ1) is 41.7. The zero-order valence-corrected chi connectivity index (χ0v) is 64.0. The van der Waals surface area contributed by atoms with E-state index in [1.165, 1.54) is 50.7 Å². The van der Waals surface area contributed by atoms with Gasteiger partial charge >= 0.3 is 127 Å². The van der Waals surface area contributed by atoms with E-state index < -0.39 is 35.2 Å². The van der Waals surface area contributed by atoms with Gasteiger partial charge in [0, 0.05) is 51.0 Å². The van der Waals surface area contributed by atoms with Crippen LogP contribution in [0.3, 0.4) is 0 Å². The van der Waals surface area contributed by atoms with Crippen molar-refractivity contribution in [2.75, 3.05) is 91.6 Å². The first kappa shape index (κ1) is 89.5. The molecular formula is C58H83ClK2N11O14S5+. The Bertz CT molecular complexity index is 3250. The Balaban J connectivity index is -0.00000109. The molecule has 7 rings (SSSR count). The van der Waals surface area contributed by atoms with Gasteiger partial charge in [0.25, 0.3) is 6.47 Å². The number of carboxylic acids is 2. The molecule has 0 saturated carbocycles. The van der Waals surface area contributed by atoms with Gasteiger partial charge in [-0.05, 0) is 129 Å². The Morgan fingerprint density at radius 3 is 1.59 bits per heavy atom. The van der Waals surface area contributed by atoms with Crippen molar-refractivity contribution in [3.8, 4) is 29.4 Å². The average Bonchev–Trinajstić information content (AvgIpc) is 1.77. The number of nitrogens with two attached hydrogens (primary N) is 2. The number of ether oxygens (including phenoxy) is 5. The van der Waals surface area contributed by atoms with Crippen molar-refractivity contribution < 1.29 is 178 Å². The summed E-state index contributed by atoms with van der Waals surface area (Å²) in [6, 6.07) is 19.7. The van der Waals surface area contributed by atoms with Gasteiger partial charge in [-0.15, -0.1) is 57.4 Å². The predicted octanol–water partition coefficient (Wildman–Crippen LogP) is 2.17. The molecule has 1 aliphatic heterocycles. The number of aromatic nitrogens is 3. The number of nitrogens with zero attached hydrogens (tertiary/aromatic N) is 8. The summed E-state index contributed by atoms with van der Waals surface area (Å²) < 4.78 is 30.4. The van der Waals surface area contributed by atoms with E-state index in [1.54, 1.807) is 19.0 Å². The zero-order chi connectivity index (χ0) is 65.8. The summed E-state index contributed by atoms with van der Waals surface area (Å²) in [5.41, 5.74) is 6.57. The molecular weight excluding hydrogens is 1350 g/mol. The molecule has 91 heavy (non-hydrogen) atoms. The molecule has 2 amide bonds. The summed E-state index contributed by atoms with van der Waals surface area (Å²) in [5, 5.41) is 50.8. The number of hydrogen-bond donors (Lipinski definition) is 6. The molecule has 1 aliphatic rings. The summed E-state index contributed by atoms with van der Waals surface area (Å²) in [7, 11) is 7.39. The van der Waals surface area contributed by atoms with Crippen LogP contribution < -0.4 is 139 Å². The number of carbonyl (C=O) groups is 5. The number of benzene rings is 3. The normalized spacial score (nSPS) is 12.1. The minimum Gasteiger partial charge on any atom is -1.00 e. The number of nitrogens with one attached hydrogen (secondary N) is 1. The smallest absolute Gasteiger partial charge is 1.00 e. The second-order valence-electron chi connectivity index (χ2n) is 20.3. The summed E-state index contributed by atoms with van der Waals surface area (Å²) in [4.78, 5) is 75.4.